The topological polar surface area (TPSA) is 58.9 Å². The highest BCUT2D eigenvalue weighted by Gasteiger charge is 2.55. The van der Waals surface area contributed by atoms with E-state index in [9.17, 15) is 9.59 Å². The summed E-state index contributed by atoms with van der Waals surface area (Å²) in [5, 5.41) is -0.771. The molecule has 0 bridgehead atoms. The van der Waals surface area contributed by atoms with E-state index in [1.807, 2.05) is 33.9 Å². The van der Waals surface area contributed by atoms with Crippen molar-refractivity contribution in [1.82, 2.24) is 0 Å². The van der Waals surface area contributed by atoms with Crippen LogP contribution in [0.15, 0.2) is 0 Å². The standard InChI is InChI=1S/C10H26O4Si2/c1-9(2,14-16(7,8)12)10(3,13-4)15(5,6)11/h11-12H,1-8H3. The molecular formula is C10H26O4Si2. The van der Waals surface area contributed by atoms with Gasteiger partial charge in [-0.15, -0.1) is 0 Å². The predicted octanol–water partition coefficient (Wildman–Crippen LogP) is 1.62. The lowest BCUT2D eigenvalue weighted by atomic mass is 10.0. The summed E-state index contributed by atoms with van der Waals surface area (Å²) in [6.07, 6.45) is 0. The quantitative estimate of drug-likeness (QED) is 0.742. The van der Waals surface area contributed by atoms with E-state index >= 15 is 0 Å². The average Bonchev–Trinajstić information content (AvgIpc) is 1.95. The van der Waals surface area contributed by atoms with Gasteiger partial charge in [0.15, 0.2) is 0 Å². The summed E-state index contributed by atoms with van der Waals surface area (Å²) in [6.45, 7) is 12.6. The second kappa shape index (κ2) is 4.51. The first-order chi connectivity index (χ1) is 6.77. The Kier molecular flexibility index (Phi) is 4.59. The minimum Gasteiger partial charge on any atom is -0.429 e. The molecule has 0 fully saturated rings. The average molecular weight is 266 g/mol. The molecule has 98 valence electrons. The normalized spacial score (nSPS) is 18.4. The fraction of sp³-hybridized carbons (Fsp3) is 1.00. The van der Waals surface area contributed by atoms with E-state index in [1.165, 1.54) is 0 Å². The molecule has 0 heterocycles. The SMILES string of the molecule is COC(C)(C(C)(C)O[Si](C)(C)O)[Si](C)(C)O. The van der Waals surface area contributed by atoms with Crippen molar-refractivity contribution >= 4 is 16.9 Å². The number of ether oxygens (including phenoxy) is 1. The second-order valence-electron chi connectivity index (χ2n) is 5.86. The van der Waals surface area contributed by atoms with Crippen LogP contribution in [0, 0.1) is 0 Å². The summed E-state index contributed by atoms with van der Waals surface area (Å²) in [5.74, 6) is 0. The Bertz CT molecular complexity index is 242. The van der Waals surface area contributed by atoms with E-state index in [2.05, 4.69) is 0 Å². The molecule has 0 saturated carbocycles. The van der Waals surface area contributed by atoms with Gasteiger partial charge in [-0.2, -0.15) is 0 Å². The van der Waals surface area contributed by atoms with Crippen LogP contribution in [0.25, 0.3) is 0 Å². The van der Waals surface area contributed by atoms with Crippen LogP contribution < -0.4 is 0 Å². The minimum absolute atomic E-state index is 0.726. The van der Waals surface area contributed by atoms with Gasteiger partial charge < -0.3 is 18.8 Å². The first-order valence-corrected chi connectivity index (χ1v) is 11.3. The van der Waals surface area contributed by atoms with Gasteiger partial charge in [-0.1, -0.05) is 0 Å². The molecule has 0 spiro atoms. The Morgan fingerprint density at radius 1 is 0.938 bits per heavy atom. The maximum Gasteiger partial charge on any atom is 0.329 e. The molecule has 0 aromatic rings. The second-order valence-corrected chi connectivity index (χ2v) is 13.0. The van der Waals surface area contributed by atoms with Gasteiger partial charge in [-0.05, 0) is 47.0 Å². The largest absolute Gasteiger partial charge is 0.429 e. The smallest absolute Gasteiger partial charge is 0.329 e. The van der Waals surface area contributed by atoms with Crippen LogP contribution in [0.2, 0.25) is 26.2 Å². The molecule has 0 rings (SSSR count). The van der Waals surface area contributed by atoms with Gasteiger partial charge in [-0.25, -0.2) is 0 Å². The molecular weight excluding hydrogens is 240 g/mol. The Hall–Kier alpha value is 0.274. The third kappa shape index (κ3) is 3.38. The summed E-state index contributed by atoms with van der Waals surface area (Å²) in [4.78, 5) is 20.2. The third-order valence-electron chi connectivity index (χ3n) is 3.23. The molecule has 0 amide bonds. The molecule has 6 heteroatoms. The number of rotatable bonds is 5. The Morgan fingerprint density at radius 2 is 1.31 bits per heavy atom. The van der Waals surface area contributed by atoms with Crippen molar-refractivity contribution in [2.75, 3.05) is 7.11 Å². The summed E-state index contributed by atoms with van der Waals surface area (Å²) in [6, 6.07) is 0. The van der Waals surface area contributed by atoms with Gasteiger partial charge in [0, 0.05) is 7.11 Å². The highest BCUT2D eigenvalue weighted by molar-refractivity contribution is 6.73. The van der Waals surface area contributed by atoms with Crippen LogP contribution in [0.4, 0.5) is 0 Å². The van der Waals surface area contributed by atoms with Crippen molar-refractivity contribution in [3.8, 4) is 0 Å². The summed E-state index contributed by atoms with van der Waals surface area (Å²) in [7, 11) is -3.68. The summed E-state index contributed by atoms with van der Waals surface area (Å²) >= 11 is 0. The van der Waals surface area contributed by atoms with Gasteiger partial charge in [-0.3, -0.25) is 0 Å². The number of hydrogen-bond donors (Lipinski definition) is 2. The zero-order valence-electron chi connectivity index (χ0n) is 11.7. The van der Waals surface area contributed by atoms with Gasteiger partial charge in [0.25, 0.3) is 0 Å². The van der Waals surface area contributed by atoms with Crippen molar-refractivity contribution in [3.05, 3.63) is 0 Å². The van der Waals surface area contributed by atoms with Crippen LogP contribution in [0.5, 0.6) is 0 Å². The van der Waals surface area contributed by atoms with E-state index < -0.39 is 27.7 Å². The van der Waals surface area contributed by atoms with Crippen LogP contribution in [0.3, 0.4) is 0 Å². The zero-order valence-corrected chi connectivity index (χ0v) is 13.7. The predicted molar refractivity (Wildman–Crippen MR) is 70.0 cm³/mol. The van der Waals surface area contributed by atoms with Crippen LogP contribution in [-0.2, 0) is 9.16 Å². The van der Waals surface area contributed by atoms with E-state index in [-0.39, 0.29) is 0 Å². The first kappa shape index (κ1) is 16.3. The lowest BCUT2D eigenvalue weighted by Gasteiger charge is -2.50. The van der Waals surface area contributed by atoms with E-state index in [0.29, 0.717) is 0 Å². The van der Waals surface area contributed by atoms with Crippen molar-refractivity contribution < 1.29 is 18.8 Å². The van der Waals surface area contributed by atoms with Crippen molar-refractivity contribution in [1.29, 1.82) is 0 Å². The maximum atomic E-state index is 10.3. The fourth-order valence-electron chi connectivity index (χ4n) is 1.95. The lowest BCUT2D eigenvalue weighted by molar-refractivity contribution is -0.0989. The van der Waals surface area contributed by atoms with E-state index in [1.54, 1.807) is 20.2 Å². The Labute approximate surface area is 101 Å². The van der Waals surface area contributed by atoms with Gasteiger partial charge in [0.05, 0.1) is 5.60 Å². The van der Waals surface area contributed by atoms with E-state index in [0.717, 1.165) is 0 Å². The van der Waals surface area contributed by atoms with Crippen LogP contribution in [-0.4, -0.2) is 44.4 Å². The number of hydrogen-bond acceptors (Lipinski definition) is 4. The first-order valence-electron chi connectivity index (χ1n) is 5.47. The zero-order chi connectivity index (χ0) is 13.4. The Morgan fingerprint density at radius 3 is 1.50 bits per heavy atom. The van der Waals surface area contributed by atoms with Crippen molar-refractivity contribution in [3.63, 3.8) is 0 Å². The molecule has 0 aliphatic rings. The number of methoxy groups -OCH3 is 1. The molecule has 0 radical (unpaired) electrons. The van der Waals surface area contributed by atoms with E-state index in [4.69, 9.17) is 9.16 Å². The van der Waals surface area contributed by atoms with Crippen molar-refractivity contribution in [2.24, 2.45) is 0 Å². The maximum absolute atomic E-state index is 10.3. The Balaban J connectivity index is 5.24. The summed E-state index contributed by atoms with van der Waals surface area (Å²) in [5.41, 5.74) is -0.726. The lowest BCUT2D eigenvalue weighted by Crippen LogP contribution is -2.68. The van der Waals surface area contributed by atoms with Crippen molar-refractivity contribution in [2.45, 2.75) is 57.8 Å². The molecule has 0 aliphatic carbocycles. The molecule has 0 aromatic heterocycles. The molecule has 0 aliphatic heterocycles. The molecule has 0 aromatic carbocycles. The third-order valence-corrected chi connectivity index (χ3v) is 7.38. The molecule has 1 atom stereocenters. The van der Waals surface area contributed by atoms with Gasteiger partial charge in [0.1, 0.15) is 5.22 Å². The fourth-order valence-corrected chi connectivity index (χ4v) is 5.52. The molecule has 2 N–H and O–H groups in total. The summed E-state index contributed by atoms with van der Waals surface area (Å²) < 4.78 is 11.3. The minimum atomic E-state index is -2.67. The highest BCUT2D eigenvalue weighted by atomic mass is 28.4. The monoisotopic (exact) mass is 266 g/mol. The van der Waals surface area contributed by atoms with Crippen LogP contribution >= 0.6 is 0 Å². The van der Waals surface area contributed by atoms with Gasteiger partial charge >= 0.3 is 8.56 Å². The molecule has 16 heavy (non-hydrogen) atoms. The molecule has 1 unspecified atom stereocenters. The molecule has 0 saturated heterocycles. The molecule has 4 nitrogen and oxygen atoms in total. The van der Waals surface area contributed by atoms with Crippen LogP contribution in [0.1, 0.15) is 20.8 Å². The highest BCUT2D eigenvalue weighted by Crippen LogP contribution is 2.37. The van der Waals surface area contributed by atoms with Gasteiger partial charge in [0.2, 0.25) is 8.32 Å².